The van der Waals surface area contributed by atoms with Gasteiger partial charge in [0.2, 0.25) is 5.89 Å². The van der Waals surface area contributed by atoms with Crippen LogP contribution in [0.4, 0.5) is 0 Å². The molecule has 0 radical (unpaired) electrons. The van der Waals surface area contributed by atoms with Crippen molar-refractivity contribution in [3.63, 3.8) is 0 Å². The van der Waals surface area contributed by atoms with Crippen LogP contribution in [0.5, 0.6) is 0 Å². The lowest BCUT2D eigenvalue weighted by Gasteiger charge is -2.06. The van der Waals surface area contributed by atoms with Gasteiger partial charge < -0.3 is 4.52 Å². The van der Waals surface area contributed by atoms with Crippen LogP contribution < -0.4 is 0 Å². The van der Waals surface area contributed by atoms with Gasteiger partial charge in [0.05, 0.1) is 5.92 Å². The van der Waals surface area contributed by atoms with E-state index in [9.17, 15) is 4.79 Å². The van der Waals surface area contributed by atoms with E-state index in [1.165, 1.54) is 0 Å². The van der Waals surface area contributed by atoms with Crippen molar-refractivity contribution in [1.29, 1.82) is 0 Å². The molecule has 1 atom stereocenters. The summed E-state index contributed by atoms with van der Waals surface area (Å²) < 4.78 is 5.31. The Morgan fingerprint density at radius 3 is 2.88 bits per heavy atom. The summed E-state index contributed by atoms with van der Waals surface area (Å²) >= 11 is 0. The van der Waals surface area contributed by atoms with Crippen LogP contribution in [0, 0.1) is 0 Å². The van der Waals surface area contributed by atoms with Crippen LogP contribution in [-0.4, -0.2) is 15.9 Å². The van der Waals surface area contributed by atoms with Crippen molar-refractivity contribution < 1.29 is 9.32 Å². The maximum absolute atomic E-state index is 12.0. The molecule has 0 amide bonds. The van der Waals surface area contributed by atoms with Crippen molar-refractivity contribution in [1.82, 2.24) is 10.1 Å². The number of hydrogen-bond acceptors (Lipinski definition) is 4. The maximum atomic E-state index is 12.0. The molecule has 0 spiro atoms. The summed E-state index contributed by atoms with van der Waals surface area (Å²) in [5, 5.41) is 4.05. The number of aromatic nitrogens is 2. The van der Waals surface area contributed by atoms with E-state index in [0.717, 1.165) is 44.3 Å². The lowest BCUT2D eigenvalue weighted by molar-refractivity contribution is -0.120. The molecular weight excluding hydrogens is 216 g/mol. The van der Waals surface area contributed by atoms with Crippen LogP contribution >= 0.6 is 0 Å². The van der Waals surface area contributed by atoms with Gasteiger partial charge in [0, 0.05) is 11.8 Å². The number of Topliss-reactive ketones (excluding diaryl/α,β-unsaturated/α-hetero) is 1. The number of hydrogen-bond donors (Lipinski definition) is 0. The molecule has 1 unspecified atom stereocenters. The van der Waals surface area contributed by atoms with E-state index in [1.54, 1.807) is 0 Å². The molecule has 0 aromatic carbocycles. The molecule has 3 rings (SSSR count). The van der Waals surface area contributed by atoms with Crippen molar-refractivity contribution in [3.05, 3.63) is 11.7 Å². The minimum absolute atomic E-state index is 0.121. The molecule has 0 aliphatic heterocycles. The van der Waals surface area contributed by atoms with Crippen LogP contribution in [-0.2, 0) is 10.2 Å². The Morgan fingerprint density at radius 1 is 1.29 bits per heavy atom. The van der Waals surface area contributed by atoms with Gasteiger partial charge in [-0.15, -0.1) is 0 Å². The van der Waals surface area contributed by atoms with Gasteiger partial charge >= 0.3 is 0 Å². The Morgan fingerprint density at radius 2 is 2.12 bits per heavy atom. The highest BCUT2D eigenvalue weighted by atomic mass is 16.5. The Labute approximate surface area is 101 Å². The first kappa shape index (κ1) is 10.9. The molecule has 2 saturated carbocycles. The Balaban J connectivity index is 1.82. The fraction of sp³-hybridized carbons (Fsp3) is 0.769. The van der Waals surface area contributed by atoms with Gasteiger partial charge in [0.1, 0.15) is 5.78 Å². The fourth-order valence-corrected chi connectivity index (χ4v) is 2.45. The van der Waals surface area contributed by atoms with Gasteiger partial charge in [-0.2, -0.15) is 4.98 Å². The van der Waals surface area contributed by atoms with Gasteiger partial charge in [0.25, 0.3) is 0 Å². The highest BCUT2D eigenvalue weighted by Gasteiger charge is 2.44. The first-order valence-corrected chi connectivity index (χ1v) is 6.56. The zero-order valence-electron chi connectivity index (χ0n) is 10.2. The minimum atomic E-state index is -0.138. The smallest absolute Gasteiger partial charge is 0.237 e. The van der Waals surface area contributed by atoms with Crippen LogP contribution in [0.2, 0.25) is 0 Å². The van der Waals surface area contributed by atoms with Gasteiger partial charge in [0.15, 0.2) is 5.82 Å². The molecule has 0 bridgehead atoms. The van der Waals surface area contributed by atoms with Crippen LogP contribution in [0.1, 0.15) is 69.5 Å². The molecule has 0 saturated heterocycles. The largest absolute Gasteiger partial charge is 0.339 e. The van der Waals surface area contributed by atoms with E-state index >= 15 is 0 Å². The predicted molar refractivity (Wildman–Crippen MR) is 61.7 cm³/mol. The van der Waals surface area contributed by atoms with E-state index < -0.39 is 0 Å². The molecule has 1 heterocycles. The third-order valence-corrected chi connectivity index (χ3v) is 4.08. The monoisotopic (exact) mass is 234 g/mol. The SMILES string of the molecule is CC1(c2noc(C3CCCCCC3=O)n2)CC1. The number of ketones is 1. The first-order valence-electron chi connectivity index (χ1n) is 6.56. The Hall–Kier alpha value is -1.19. The topological polar surface area (TPSA) is 56.0 Å². The van der Waals surface area contributed by atoms with Crippen molar-refractivity contribution in [2.24, 2.45) is 0 Å². The van der Waals surface area contributed by atoms with Crippen LogP contribution in [0.25, 0.3) is 0 Å². The van der Waals surface area contributed by atoms with Crippen molar-refractivity contribution in [3.8, 4) is 0 Å². The highest BCUT2D eigenvalue weighted by molar-refractivity contribution is 5.84. The third-order valence-electron chi connectivity index (χ3n) is 4.08. The molecule has 17 heavy (non-hydrogen) atoms. The Kier molecular flexibility index (Phi) is 2.53. The van der Waals surface area contributed by atoms with E-state index in [4.69, 9.17) is 4.52 Å². The average molecular weight is 234 g/mol. The second-order valence-electron chi connectivity index (χ2n) is 5.64. The van der Waals surface area contributed by atoms with Gasteiger partial charge in [-0.3, -0.25) is 4.79 Å². The maximum Gasteiger partial charge on any atom is 0.237 e. The molecule has 4 nitrogen and oxygen atoms in total. The van der Waals surface area contributed by atoms with Crippen LogP contribution in [0.15, 0.2) is 4.52 Å². The number of nitrogens with zero attached hydrogens (tertiary/aromatic N) is 2. The standard InChI is InChI=1S/C13H18N2O2/c1-13(7-8-13)12-14-11(17-15-12)9-5-3-2-4-6-10(9)16/h9H,2-8H2,1H3. The number of carbonyl (C=O) groups is 1. The zero-order chi connectivity index (χ0) is 11.9. The second kappa shape index (κ2) is 3.93. The van der Waals surface area contributed by atoms with Crippen molar-refractivity contribution in [2.75, 3.05) is 0 Å². The molecular formula is C13H18N2O2. The van der Waals surface area contributed by atoms with Crippen molar-refractivity contribution in [2.45, 2.75) is 63.2 Å². The molecule has 0 N–H and O–H groups in total. The minimum Gasteiger partial charge on any atom is -0.339 e. The molecule has 2 aliphatic rings. The quantitative estimate of drug-likeness (QED) is 0.738. The van der Waals surface area contributed by atoms with E-state index in [-0.39, 0.29) is 17.1 Å². The van der Waals surface area contributed by atoms with Gasteiger partial charge in [-0.05, 0) is 25.7 Å². The lowest BCUT2D eigenvalue weighted by atomic mass is 9.99. The highest BCUT2D eigenvalue weighted by Crippen LogP contribution is 2.46. The lowest BCUT2D eigenvalue weighted by Crippen LogP contribution is -2.11. The molecule has 1 aromatic rings. The molecule has 4 heteroatoms. The van der Waals surface area contributed by atoms with E-state index in [0.29, 0.717) is 12.3 Å². The Bertz CT molecular complexity index is 434. The van der Waals surface area contributed by atoms with E-state index in [1.807, 2.05) is 0 Å². The summed E-state index contributed by atoms with van der Waals surface area (Å²) in [6.07, 6.45) is 7.03. The molecule has 1 aromatic heterocycles. The summed E-state index contributed by atoms with van der Waals surface area (Å²) in [5.41, 5.74) is 0.121. The summed E-state index contributed by atoms with van der Waals surface area (Å²) in [7, 11) is 0. The zero-order valence-corrected chi connectivity index (χ0v) is 10.2. The fourth-order valence-electron chi connectivity index (χ4n) is 2.45. The first-order chi connectivity index (χ1) is 8.19. The summed E-state index contributed by atoms with van der Waals surface area (Å²) in [5.74, 6) is 1.49. The van der Waals surface area contributed by atoms with Crippen molar-refractivity contribution >= 4 is 5.78 Å². The molecule has 2 fully saturated rings. The second-order valence-corrected chi connectivity index (χ2v) is 5.64. The summed E-state index contributed by atoms with van der Waals surface area (Å²) in [4.78, 5) is 16.4. The number of carbonyl (C=O) groups excluding carboxylic acids is 1. The van der Waals surface area contributed by atoms with E-state index in [2.05, 4.69) is 17.1 Å². The molecule has 2 aliphatic carbocycles. The average Bonchev–Trinajstić information content (AvgIpc) is 2.93. The van der Waals surface area contributed by atoms with Gasteiger partial charge in [-0.25, -0.2) is 0 Å². The molecule has 92 valence electrons. The predicted octanol–water partition coefficient (Wildman–Crippen LogP) is 2.74. The van der Waals surface area contributed by atoms with Gasteiger partial charge in [-0.1, -0.05) is 24.9 Å². The third kappa shape index (κ3) is 2.01. The summed E-state index contributed by atoms with van der Waals surface area (Å²) in [6.45, 7) is 2.15. The number of rotatable bonds is 2. The normalized spacial score (nSPS) is 27.8. The summed E-state index contributed by atoms with van der Waals surface area (Å²) in [6, 6.07) is 0. The van der Waals surface area contributed by atoms with Crippen LogP contribution in [0.3, 0.4) is 0 Å².